The van der Waals surface area contributed by atoms with E-state index in [0.717, 1.165) is 30.5 Å². The van der Waals surface area contributed by atoms with Gasteiger partial charge in [-0.05, 0) is 43.0 Å². The van der Waals surface area contributed by atoms with E-state index in [0.29, 0.717) is 24.7 Å². The molecule has 0 saturated heterocycles. The van der Waals surface area contributed by atoms with Gasteiger partial charge in [-0.3, -0.25) is 5.10 Å². The summed E-state index contributed by atoms with van der Waals surface area (Å²) in [5, 5.41) is 11.1. The number of benzene rings is 1. The van der Waals surface area contributed by atoms with Crippen LogP contribution in [0.2, 0.25) is 0 Å². The Bertz CT molecular complexity index is 999. The Morgan fingerprint density at radius 3 is 2.90 bits per heavy atom. The summed E-state index contributed by atoms with van der Waals surface area (Å²) < 4.78 is 53.1. The summed E-state index contributed by atoms with van der Waals surface area (Å²) in [7, 11) is 0. The van der Waals surface area contributed by atoms with Gasteiger partial charge in [0.15, 0.2) is 23.9 Å². The predicted molar refractivity (Wildman–Crippen MR) is 99.6 cm³/mol. The molecule has 0 fully saturated rings. The number of rotatable bonds is 7. The molecule has 2 heterocycles. The van der Waals surface area contributed by atoms with E-state index in [-0.39, 0.29) is 17.4 Å². The van der Waals surface area contributed by atoms with Gasteiger partial charge in [0, 0.05) is 24.5 Å². The van der Waals surface area contributed by atoms with Crippen LogP contribution in [0.25, 0.3) is 0 Å². The molecule has 160 valence electrons. The highest BCUT2D eigenvalue weighted by Crippen LogP contribution is 2.32. The molecule has 1 aliphatic rings. The zero-order chi connectivity index (χ0) is 21.1. The highest BCUT2D eigenvalue weighted by atomic mass is 19.4. The number of nitrogens with zero attached hydrogens (tertiary/aromatic N) is 3. The lowest BCUT2D eigenvalue weighted by atomic mass is 9.88. The van der Waals surface area contributed by atoms with Crippen molar-refractivity contribution in [3.05, 3.63) is 52.9 Å². The fourth-order valence-corrected chi connectivity index (χ4v) is 3.52. The van der Waals surface area contributed by atoms with Gasteiger partial charge < -0.3 is 14.0 Å². The zero-order valence-electron chi connectivity index (χ0n) is 16.3. The van der Waals surface area contributed by atoms with Gasteiger partial charge in [-0.15, -0.1) is 0 Å². The smallest absolute Gasteiger partial charge is 0.422 e. The van der Waals surface area contributed by atoms with Gasteiger partial charge in [0.05, 0.1) is 12.8 Å². The third kappa shape index (κ3) is 4.74. The minimum atomic E-state index is -4.42. The van der Waals surface area contributed by atoms with E-state index < -0.39 is 12.8 Å². The maximum atomic E-state index is 12.4. The summed E-state index contributed by atoms with van der Waals surface area (Å²) in [6.45, 7) is 0.677. The summed E-state index contributed by atoms with van der Waals surface area (Å²) >= 11 is 0. The van der Waals surface area contributed by atoms with Crippen LogP contribution >= 0.6 is 0 Å². The average molecular weight is 422 g/mol. The fourth-order valence-electron chi connectivity index (χ4n) is 3.52. The zero-order valence-corrected chi connectivity index (χ0v) is 16.3. The Morgan fingerprint density at radius 1 is 1.23 bits per heavy atom. The van der Waals surface area contributed by atoms with Crippen molar-refractivity contribution in [2.75, 3.05) is 13.2 Å². The van der Waals surface area contributed by atoms with Crippen LogP contribution in [0, 0.1) is 0 Å². The van der Waals surface area contributed by atoms with E-state index in [4.69, 9.17) is 14.0 Å². The minimum Gasteiger partial charge on any atom is -0.490 e. The number of fused-ring (bicyclic) bond motifs is 1. The van der Waals surface area contributed by atoms with Crippen LogP contribution in [0.1, 0.15) is 47.8 Å². The number of ether oxygens (including phenoxy) is 2. The van der Waals surface area contributed by atoms with Crippen molar-refractivity contribution in [1.82, 2.24) is 20.3 Å². The van der Waals surface area contributed by atoms with E-state index in [1.807, 2.05) is 6.20 Å². The SMILES string of the molecule is CCOc1cc(Cc2noc(C3CCc4cn[nH]c4C3)n2)ccc1OCC(F)(F)F. The van der Waals surface area contributed by atoms with Gasteiger partial charge in [-0.1, -0.05) is 11.2 Å². The molecule has 0 saturated carbocycles. The molecule has 1 unspecified atom stereocenters. The number of aromatic nitrogens is 4. The Morgan fingerprint density at radius 2 is 2.10 bits per heavy atom. The summed E-state index contributed by atoms with van der Waals surface area (Å²) in [6.07, 6.45) is 0.392. The lowest BCUT2D eigenvalue weighted by molar-refractivity contribution is -0.153. The molecular formula is C20H21F3N4O3. The van der Waals surface area contributed by atoms with Gasteiger partial charge in [-0.25, -0.2) is 0 Å². The van der Waals surface area contributed by atoms with Crippen LogP contribution in [0.4, 0.5) is 13.2 Å². The molecular weight excluding hydrogens is 401 g/mol. The van der Waals surface area contributed by atoms with Crippen LogP contribution in [-0.4, -0.2) is 39.7 Å². The maximum Gasteiger partial charge on any atom is 0.422 e. The number of nitrogens with one attached hydrogen (secondary N) is 1. The Kier molecular flexibility index (Phi) is 5.65. The Labute approximate surface area is 170 Å². The first-order chi connectivity index (χ1) is 14.4. The van der Waals surface area contributed by atoms with Crippen molar-refractivity contribution in [2.24, 2.45) is 0 Å². The highest BCUT2D eigenvalue weighted by molar-refractivity contribution is 5.43. The molecule has 1 aliphatic carbocycles. The molecule has 30 heavy (non-hydrogen) atoms. The molecule has 0 radical (unpaired) electrons. The normalized spacial score (nSPS) is 16.3. The molecule has 0 spiro atoms. The molecule has 10 heteroatoms. The van der Waals surface area contributed by atoms with Crippen LogP contribution < -0.4 is 9.47 Å². The summed E-state index contributed by atoms with van der Waals surface area (Å²) in [4.78, 5) is 4.52. The van der Waals surface area contributed by atoms with Gasteiger partial charge in [0.25, 0.3) is 0 Å². The standard InChI is InChI=1S/C20H21F3N4O3/c1-2-28-17-7-12(3-6-16(17)29-11-20(21,22)23)8-18-25-19(30-27-18)13-4-5-14-10-24-26-15(14)9-13/h3,6-7,10,13H,2,4-5,8-9,11H2,1H3,(H,24,26). The molecule has 1 atom stereocenters. The maximum absolute atomic E-state index is 12.4. The first-order valence-corrected chi connectivity index (χ1v) is 9.70. The van der Waals surface area contributed by atoms with Gasteiger partial charge in [0.1, 0.15) is 0 Å². The molecule has 0 bridgehead atoms. The predicted octanol–water partition coefficient (Wildman–Crippen LogP) is 4.00. The monoisotopic (exact) mass is 422 g/mol. The lowest BCUT2D eigenvalue weighted by Crippen LogP contribution is -2.19. The summed E-state index contributed by atoms with van der Waals surface area (Å²) in [5.41, 5.74) is 3.11. The summed E-state index contributed by atoms with van der Waals surface area (Å²) in [6, 6.07) is 4.78. The third-order valence-electron chi connectivity index (χ3n) is 4.91. The number of aryl methyl sites for hydroxylation is 1. The number of alkyl halides is 3. The molecule has 7 nitrogen and oxygen atoms in total. The van der Waals surface area contributed by atoms with Gasteiger partial charge >= 0.3 is 6.18 Å². The van der Waals surface area contributed by atoms with Gasteiger partial charge in [-0.2, -0.15) is 23.3 Å². The second-order valence-electron chi connectivity index (χ2n) is 7.16. The number of halogens is 3. The van der Waals surface area contributed by atoms with Crippen LogP contribution in [0.3, 0.4) is 0 Å². The van der Waals surface area contributed by atoms with E-state index in [1.165, 1.54) is 11.6 Å². The van der Waals surface area contributed by atoms with Crippen LogP contribution in [0.5, 0.6) is 11.5 Å². The molecule has 3 aromatic rings. The van der Waals surface area contributed by atoms with E-state index >= 15 is 0 Å². The van der Waals surface area contributed by atoms with Crippen molar-refractivity contribution in [2.45, 2.75) is 44.7 Å². The first-order valence-electron chi connectivity index (χ1n) is 9.70. The van der Waals surface area contributed by atoms with Crippen molar-refractivity contribution in [1.29, 1.82) is 0 Å². The van der Waals surface area contributed by atoms with Crippen LogP contribution in [-0.2, 0) is 19.3 Å². The molecule has 0 amide bonds. The Hall–Kier alpha value is -3.04. The average Bonchev–Trinajstić information content (AvgIpc) is 3.35. The van der Waals surface area contributed by atoms with Crippen LogP contribution in [0.15, 0.2) is 28.9 Å². The topological polar surface area (TPSA) is 86.1 Å². The first kappa shape index (κ1) is 20.2. The molecule has 1 N–H and O–H groups in total. The van der Waals surface area contributed by atoms with Crippen molar-refractivity contribution in [3.63, 3.8) is 0 Å². The van der Waals surface area contributed by atoms with E-state index in [9.17, 15) is 13.2 Å². The van der Waals surface area contributed by atoms with Gasteiger partial charge in [0.2, 0.25) is 5.89 Å². The Balaban J connectivity index is 1.45. The number of hydrogen-bond acceptors (Lipinski definition) is 6. The lowest BCUT2D eigenvalue weighted by Gasteiger charge is -2.17. The molecule has 1 aromatic carbocycles. The number of H-pyrrole nitrogens is 1. The molecule has 2 aromatic heterocycles. The van der Waals surface area contributed by atoms with E-state index in [2.05, 4.69) is 20.3 Å². The fraction of sp³-hybridized carbons (Fsp3) is 0.450. The summed E-state index contributed by atoms with van der Waals surface area (Å²) in [5.74, 6) is 1.52. The molecule has 4 rings (SSSR count). The largest absolute Gasteiger partial charge is 0.490 e. The minimum absolute atomic E-state index is 0.0456. The third-order valence-corrected chi connectivity index (χ3v) is 4.91. The van der Waals surface area contributed by atoms with Crippen molar-refractivity contribution >= 4 is 0 Å². The number of hydrogen-bond donors (Lipinski definition) is 1. The van der Waals surface area contributed by atoms with E-state index in [1.54, 1.807) is 19.1 Å². The number of aromatic amines is 1. The second-order valence-corrected chi connectivity index (χ2v) is 7.16. The second kappa shape index (κ2) is 8.37. The van der Waals surface area contributed by atoms with Crippen molar-refractivity contribution < 1.29 is 27.2 Å². The van der Waals surface area contributed by atoms with Crippen molar-refractivity contribution in [3.8, 4) is 11.5 Å². The molecule has 0 aliphatic heterocycles. The quantitative estimate of drug-likeness (QED) is 0.620. The highest BCUT2D eigenvalue weighted by Gasteiger charge is 2.29.